The third-order valence-corrected chi connectivity index (χ3v) is 5.81. The fraction of sp³-hybridized carbons (Fsp3) is 0.682. The largest absolute Gasteiger partial charge is 0.326 e. The molecule has 0 heterocycles. The normalized spacial score (nSPS) is 25.4. The topological polar surface area (TPSA) is 29.1 Å². The van der Waals surface area contributed by atoms with E-state index in [-0.39, 0.29) is 22.7 Å². The smallest absolute Gasteiger partial charge is 0.227 e. The number of hydrogen-bond donors (Lipinski definition) is 1. The maximum absolute atomic E-state index is 12.9. The standard InChI is InChI=1S/C22H35NO/c1-15-9-8-10-19(11-15)23-20(24)16-12-17(21(2,3)4)14-18(13-16)22(5,6)7/h8-11,16-18H,12-14H2,1-7H3,(H,23,24)/t17-,18-/m1/s1. The van der Waals surface area contributed by atoms with Crippen molar-refractivity contribution < 1.29 is 4.79 Å². The number of hydrogen-bond acceptors (Lipinski definition) is 1. The van der Waals surface area contributed by atoms with Crippen LogP contribution in [-0.2, 0) is 4.79 Å². The summed E-state index contributed by atoms with van der Waals surface area (Å²) in [6.45, 7) is 16.0. The summed E-state index contributed by atoms with van der Waals surface area (Å²) in [5.41, 5.74) is 2.61. The highest BCUT2D eigenvalue weighted by molar-refractivity contribution is 5.92. The molecule has 0 saturated heterocycles. The molecule has 24 heavy (non-hydrogen) atoms. The third kappa shape index (κ3) is 4.84. The SMILES string of the molecule is Cc1cccc(NC(=O)C2C[C@@H](C(C)(C)C)C[C@H](C(C)(C)C)C2)c1. The summed E-state index contributed by atoms with van der Waals surface area (Å²) in [6, 6.07) is 8.09. The van der Waals surface area contributed by atoms with E-state index in [4.69, 9.17) is 0 Å². The Hall–Kier alpha value is -1.31. The number of benzene rings is 1. The number of amides is 1. The first-order valence-corrected chi connectivity index (χ1v) is 9.34. The summed E-state index contributed by atoms with van der Waals surface area (Å²) in [5.74, 6) is 1.52. The zero-order chi connectivity index (χ0) is 18.1. The minimum absolute atomic E-state index is 0.118. The number of carbonyl (C=O) groups is 1. The Morgan fingerprint density at radius 3 is 1.96 bits per heavy atom. The number of anilines is 1. The Balaban J connectivity index is 2.16. The van der Waals surface area contributed by atoms with Gasteiger partial charge in [0.1, 0.15) is 0 Å². The molecule has 1 saturated carbocycles. The lowest BCUT2D eigenvalue weighted by molar-refractivity contribution is -0.123. The highest BCUT2D eigenvalue weighted by Gasteiger charge is 2.41. The predicted octanol–water partition coefficient (Wildman–Crippen LogP) is 6.06. The Labute approximate surface area is 148 Å². The number of aryl methyl sites for hydroxylation is 1. The van der Waals surface area contributed by atoms with Crippen molar-refractivity contribution in [1.29, 1.82) is 0 Å². The zero-order valence-corrected chi connectivity index (χ0v) is 16.6. The Morgan fingerprint density at radius 1 is 0.958 bits per heavy atom. The van der Waals surface area contributed by atoms with E-state index < -0.39 is 0 Å². The van der Waals surface area contributed by atoms with E-state index in [9.17, 15) is 4.79 Å². The summed E-state index contributed by atoms with van der Waals surface area (Å²) in [6.07, 6.45) is 3.25. The maximum Gasteiger partial charge on any atom is 0.227 e. The van der Waals surface area contributed by atoms with Gasteiger partial charge in [-0.2, -0.15) is 0 Å². The van der Waals surface area contributed by atoms with Crippen LogP contribution in [0.25, 0.3) is 0 Å². The first-order valence-electron chi connectivity index (χ1n) is 9.34. The minimum Gasteiger partial charge on any atom is -0.326 e. The van der Waals surface area contributed by atoms with Gasteiger partial charge in [0.05, 0.1) is 0 Å². The van der Waals surface area contributed by atoms with E-state index in [0.29, 0.717) is 11.8 Å². The highest BCUT2D eigenvalue weighted by Crippen LogP contribution is 2.48. The Bertz CT molecular complexity index is 554. The van der Waals surface area contributed by atoms with Crippen molar-refractivity contribution >= 4 is 11.6 Å². The predicted molar refractivity (Wildman–Crippen MR) is 103 cm³/mol. The minimum atomic E-state index is 0.118. The molecule has 134 valence electrons. The van der Waals surface area contributed by atoms with Gasteiger partial charge in [-0.25, -0.2) is 0 Å². The van der Waals surface area contributed by atoms with Gasteiger partial charge in [-0.15, -0.1) is 0 Å². The lowest BCUT2D eigenvalue weighted by Gasteiger charge is -2.45. The molecule has 1 N–H and O–H groups in total. The molecule has 1 aliphatic rings. The maximum atomic E-state index is 12.9. The number of rotatable bonds is 2. The van der Waals surface area contributed by atoms with Gasteiger partial charge in [-0.1, -0.05) is 53.7 Å². The van der Waals surface area contributed by atoms with Crippen LogP contribution in [0, 0.1) is 35.5 Å². The molecular formula is C22H35NO. The van der Waals surface area contributed by atoms with Crippen LogP contribution in [0.15, 0.2) is 24.3 Å². The van der Waals surface area contributed by atoms with Crippen LogP contribution in [0.4, 0.5) is 5.69 Å². The van der Waals surface area contributed by atoms with Crippen LogP contribution in [0.1, 0.15) is 66.4 Å². The zero-order valence-electron chi connectivity index (χ0n) is 16.6. The van der Waals surface area contributed by atoms with Gasteiger partial charge >= 0.3 is 0 Å². The van der Waals surface area contributed by atoms with Crippen molar-refractivity contribution in [2.45, 2.75) is 67.7 Å². The van der Waals surface area contributed by atoms with E-state index in [1.165, 1.54) is 12.0 Å². The van der Waals surface area contributed by atoms with Crippen molar-refractivity contribution in [1.82, 2.24) is 0 Å². The van der Waals surface area contributed by atoms with E-state index in [2.05, 4.69) is 59.8 Å². The van der Waals surface area contributed by atoms with Gasteiger partial charge < -0.3 is 5.32 Å². The molecule has 0 radical (unpaired) electrons. The Morgan fingerprint density at radius 2 is 1.50 bits per heavy atom. The quantitative estimate of drug-likeness (QED) is 0.702. The third-order valence-electron chi connectivity index (χ3n) is 5.81. The molecule has 2 nitrogen and oxygen atoms in total. The van der Waals surface area contributed by atoms with Gasteiger partial charge in [0.2, 0.25) is 5.91 Å². The molecule has 1 aromatic rings. The molecule has 0 bridgehead atoms. The van der Waals surface area contributed by atoms with E-state index >= 15 is 0 Å². The van der Waals surface area contributed by atoms with Crippen LogP contribution in [-0.4, -0.2) is 5.91 Å². The first-order chi connectivity index (χ1) is 11.0. The van der Waals surface area contributed by atoms with Crippen LogP contribution in [0.5, 0.6) is 0 Å². The van der Waals surface area contributed by atoms with Crippen LogP contribution in [0.2, 0.25) is 0 Å². The van der Waals surface area contributed by atoms with Crippen LogP contribution in [0.3, 0.4) is 0 Å². The van der Waals surface area contributed by atoms with Crippen molar-refractivity contribution in [3.8, 4) is 0 Å². The van der Waals surface area contributed by atoms with E-state index in [1.807, 2.05) is 18.2 Å². The fourth-order valence-corrected chi connectivity index (χ4v) is 3.91. The molecule has 1 amide bonds. The molecule has 1 aromatic carbocycles. The van der Waals surface area contributed by atoms with Crippen molar-refractivity contribution in [2.24, 2.45) is 28.6 Å². The molecule has 2 atom stereocenters. The summed E-state index contributed by atoms with van der Waals surface area (Å²) >= 11 is 0. The monoisotopic (exact) mass is 329 g/mol. The van der Waals surface area contributed by atoms with Gasteiger partial charge in [-0.05, 0) is 66.5 Å². The lowest BCUT2D eigenvalue weighted by Crippen LogP contribution is -2.40. The van der Waals surface area contributed by atoms with Gasteiger partial charge in [0, 0.05) is 11.6 Å². The van der Waals surface area contributed by atoms with Crippen LogP contribution >= 0.6 is 0 Å². The highest BCUT2D eigenvalue weighted by atomic mass is 16.1. The average molecular weight is 330 g/mol. The lowest BCUT2D eigenvalue weighted by atomic mass is 9.60. The second kappa shape index (κ2) is 6.90. The molecule has 2 heteroatoms. The summed E-state index contributed by atoms with van der Waals surface area (Å²) < 4.78 is 0. The molecule has 1 fully saturated rings. The fourth-order valence-electron chi connectivity index (χ4n) is 3.91. The van der Waals surface area contributed by atoms with Crippen molar-refractivity contribution in [3.05, 3.63) is 29.8 Å². The molecule has 0 unspecified atom stereocenters. The molecule has 0 spiro atoms. The summed E-state index contributed by atoms with van der Waals surface area (Å²) in [4.78, 5) is 12.9. The average Bonchev–Trinajstić information content (AvgIpc) is 2.45. The van der Waals surface area contributed by atoms with E-state index in [1.54, 1.807) is 0 Å². The van der Waals surface area contributed by atoms with Crippen LogP contribution < -0.4 is 5.32 Å². The Kier molecular flexibility index (Phi) is 5.47. The van der Waals surface area contributed by atoms with Gasteiger partial charge in [0.25, 0.3) is 0 Å². The second-order valence-electron chi connectivity index (χ2n) is 9.89. The van der Waals surface area contributed by atoms with Gasteiger partial charge in [-0.3, -0.25) is 4.79 Å². The van der Waals surface area contributed by atoms with Crippen molar-refractivity contribution in [3.63, 3.8) is 0 Å². The molecule has 0 aliphatic heterocycles. The first kappa shape index (κ1) is 19.0. The summed E-state index contributed by atoms with van der Waals surface area (Å²) in [5, 5.41) is 3.16. The van der Waals surface area contributed by atoms with Gasteiger partial charge in [0.15, 0.2) is 0 Å². The summed E-state index contributed by atoms with van der Waals surface area (Å²) in [7, 11) is 0. The molecule has 1 aliphatic carbocycles. The molecule has 0 aromatic heterocycles. The molecular weight excluding hydrogens is 294 g/mol. The molecule has 2 rings (SSSR count). The second-order valence-corrected chi connectivity index (χ2v) is 9.89. The number of carbonyl (C=O) groups excluding carboxylic acids is 1. The van der Waals surface area contributed by atoms with Crippen molar-refractivity contribution in [2.75, 3.05) is 5.32 Å². The van der Waals surface area contributed by atoms with E-state index in [0.717, 1.165) is 18.5 Å². The number of nitrogens with one attached hydrogen (secondary N) is 1.